The third kappa shape index (κ3) is 7.08. The van der Waals surface area contributed by atoms with Crippen molar-refractivity contribution in [1.82, 2.24) is 5.32 Å². The van der Waals surface area contributed by atoms with Gasteiger partial charge in [-0.3, -0.25) is 14.4 Å². The van der Waals surface area contributed by atoms with Crippen molar-refractivity contribution in [2.75, 3.05) is 6.54 Å². The molecular formula is C17H26N4O5. The summed E-state index contributed by atoms with van der Waals surface area (Å²) in [6.45, 7) is 0.485. The highest BCUT2D eigenvalue weighted by Crippen LogP contribution is 2.22. The summed E-state index contributed by atoms with van der Waals surface area (Å²) < 4.78 is 0. The summed E-state index contributed by atoms with van der Waals surface area (Å²) in [5.74, 6) is -2.21. The minimum absolute atomic E-state index is 0.142. The molecule has 0 bridgehead atoms. The third-order valence-electron chi connectivity index (χ3n) is 3.84. The standard InChI is InChI=1S/C17H26N4O5/c18-6-2-1-3-12(19)17(26)13(9-15(20)24)21-16(25)7-10-4-5-11(22)8-14(10)23/h4-5,8,12-13,22-23H,1-3,6-7,9,18-19H2,(H2,20,24)(H,21,25). The first-order valence-electron chi connectivity index (χ1n) is 8.32. The fourth-order valence-corrected chi connectivity index (χ4v) is 2.45. The minimum Gasteiger partial charge on any atom is -0.508 e. The fourth-order valence-electron chi connectivity index (χ4n) is 2.45. The molecule has 2 amide bonds. The van der Waals surface area contributed by atoms with Gasteiger partial charge in [-0.05, 0) is 25.5 Å². The Bertz CT molecular complexity index is 650. The van der Waals surface area contributed by atoms with Gasteiger partial charge in [0.2, 0.25) is 11.8 Å². The molecule has 9 N–H and O–H groups in total. The van der Waals surface area contributed by atoms with Crippen LogP contribution < -0.4 is 22.5 Å². The molecule has 0 heterocycles. The molecule has 0 saturated carbocycles. The zero-order chi connectivity index (χ0) is 19.7. The molecule has 9 heteroatoms. The third-order valence-corrected chi connectivity index (χ3v) is 3.84. The average molecular weight is 366 g/mol. The van der Waals surface area contributed by atoms with Gasteiger partial charge in [-0.15, -0.1) is 0 Å². The van der Waals surface area contributed by atoms with Crippen LogP contribution in [-0.4, -0.2) is 46.4 Å². The van der Waals surface area contributed by atoms with Crippen molar-refractivity contribution in [3.05, 3.63) is 23.8 Å². The molecule has 0 aliphatic carbocycles. The predicted molar refractivity (Wildman–Crippen MR) is 95.1 cm³/mol. The van der Waals surface area contributed by atoms with Crippen molar-refractivity contribution in [3.8, 4) is 11.5 Å². The van der Waals surface area contributed by atoms with E-state index in [4.69, 9.17) is 17.2 Å². The molecule has 0 radical (unpaired) electrons. The molecule has 0 aliphatic heterocycles. The summed E-state index contributed by atoms with van der Waals surface area (Å²) in [6.07, 6.45) is 1.16. The lowest BCUT2D eigenvalue weighted by molar-refractivity contribution is -0.130. The van der Waals surface area contributed by atoms with Crippen molar-refractivity contribution in [2.45, 2.75) is 44.2 Å². The first-order valence-corrected chi connectivity index (χ1v) is 8.32. The number of nitrogens with one attached hydrogen (secondary N) is 1. The maximum Gasteiger partial charge on any atom is 0.225 e. The maximum absolute atomic E-state index is 12.4. The number of primary amides is 1. The van der Waals surface area contributed by atoms with E-state index < -0.39 is 29.7 Å². The van der Waals surface area contributed by atoms with Crippen LogP contribution >= 0.6 is 0 Å². The normalized spacial score (nSPS) is 13.0. The molecule has 2 unspecified atom stereocenters. The molecule has 2 atom stereocenters. The first-order chi connectivity index (χ1) is 12.2. The van der Waals surface area contributed by atoms with Gasteiger partial charge in [0.05, 0.1) is 24.9 Å². The van der Waals surface area contributed by atoms with E-state index in [-0.39, 0.29) is 29.9 Å². The van der Waals surface area contributed by atoms with Crippen LogP contribution in [0.3, 0.4) is 0 Å². The second kappa shape index (κ2) is 10.4. The summed E-state index contributed by atoms with van der Waals surface area (Å²) >= 11 is 0. The monoisotopic (exact) mass is 366 g/mol. The second-order valence-corrected chi connectivity index (χ2v) is 6.07. The number of hydrogen-bond acceptors (Lipinski definition) is 7. The van der Waals surface area contributed by atoms with Gasteiger partial charge in [-0.2, -0.15) is 0 Å². The summed E-state index contributed by atoms with van der Waals surface area (Å²) in [6, 6.07) is 1.83. The zero-order valence-electron chi connectivity index (χ0n) is 14.5. The Morgan fingerprint density at radius 1 is 1.15 bits per heavy atom. The highest BCUT2D eigenvalue weighted by atomic mass is 16.3. The highest BCUT2D eigenvalue weighted by Gasteiger charge is 2.27. The highest BCUT2D eigenvalue weighted by molar-refractivity contribution is 5.96. The van der Waals surface area contributed by atoms with E-state index in [1.165, 1.54) is 12.1 Å². The predicted octanol–water partition coefficient (Wildman–Crippen LogP) is -0.974. The number of carbonyl (C=O) groups is 3. The zero-order valence-corrected chi connectivity index (χ0v) is 14.5. The van der Waals surface area contributed by atoms with Crippen molar-refractivity contribution >= 4 is 17.6 Å². The summed E-state index contributed by atoms with van der Waals surface area (Å²) in [4.78, 5) is 35.8. The Balaban J connectivity index is 2.74. The molecule has 0 saturated heterocycles. The van der Waals surface area contributed by atoms with Crippen molar-refractivity contribution < 1.29 is 24.6 Å². The van der Waals surface area contributed by atoms with E-state index in [9.17, 15) is 24.6 Å². The summed E-state index contributed by atoms with van der Waals surface area (Å²) in [7, 11) is 0. The number of phenolic OH excluding ortho intramolecular Hbond substituents is 2. The Labute approximate surface area is 151 Å². The molecule has 144 valence electrons. The smallest absolute Gasteiger partial charge is 0.225 e. The van der Waals surface area contributed by atoms with Crippen LogP contribution in [0.25, 0.3) is 0 Å². The van der Waals surface area contributed by atoms with Gasteiger partial charge in [0.15, 0.2) is 5.78 Å². The largest absolute Gasteiger partial charge is 0.508 e. The van der Waals surface area contributed by atoms with Crippen molar-refractivity contribution in [2.24, 2.45) is 17.2 Å². The van der Waals surface area contributed by atoms with E-state index in [0.717, 1.165) is 6.07 Å². The Hall–Kier alpha value is -2.65. The number of Topliss-reactive ketones (excluding diaryl/α,β-unsaturated/α-hetero) is 1. The molecule has 9 nitrogen and oxygen atoms in total. The van der Waals surface area contributed by atoms with E-state index in [1.54, 1.807) is 0 Å². The molecule has 1 aromatic carbocycles. The number of carbonyl (C=O) groups excluding carboxylic acids is 3. The van der Waals surface area contributed by atoms with E-state index >= 15 is 0 Å². The van der Waals surface area contributed by atoms with Gasteiger partial charge < -0.3 is 32.7 Å². The number of nitrogens with two attached hydrogens (primary N) is 3. The number of benzene rings is 1. The molecule has 1 rings (SSSR count). The first kappa shape index (κ1) is 21.4. The van der Waals surface area contributed by atoms with Gasteiger partial charge >= 0.3 is 0 Å². The van der Waals surface area contributed by atoms with E-state index in [1.807, 2.05) is 0 Å². The summed E-state index contributed by atoms with van der Waals surface area (Å²) in [5.41, 5.74) is 16.7. The maximum atomic E-state index is 12.4. The molecule has 0 spiro atoms. The number of hydrogen-bond donors (Lipinski definition) is 6. The number of aromatic hydroxyl groups is 2. The quantitative estimate of drug-likeness (QED) is 0.272. The van der Waals surface area contributed by atoms with Crippen LogP contribution in [0.15, 0.2) is 18.2 Å². The lowest BCUT2D eigenvalue weighted by atomic mass is 9.98. The minimum atomic E-state index is -1.13. The second-order valence-electron chi connectivity index (χ2n) is 6.07. The van der Waals surface area contributed by atoms with Crippen LogP contribution in [0.2, 0.25) is 0 Å². The number of unbranched alkanes of at least 4 members (excludes halogenated alkanes) is 1. The van der Waals surface area contributed by atoms with E-state index in [0.29, 0.717) is 25.8 Å². The fraction of sp³-hybridized carbons (Fsp3) is 0.471. The molecule has 26 heavy (non-hydrogen) atoms. The van der Waals surface area contributed by atoms with Gasteiger partial charge in [0.25, 0.3) is 0 Å². The average Bonchev–Trinajstić information content (AvgIpc) is 2.56. The molecular weight excluding hydrogens is 340 g/mol. The molecule has 0 aliphatic rings. The van der Waals surface area contributed by atoms with Gasteiger partial charge in [-0.1, -0.05) is 12.5 Å². The van der Waals surface area contributed by atoms with Crippen LogP contribution in [0.5, 0.6) is 11.5 Å². The Morgan fingerprint density at radius 3 is 2.42 bits per heavy atom. The van der Waals surface area contributed by atoms with Crippen LogP contribution in [0.4, 0.5) is 0 Å². The topological polar surface area (TPSA) is 182 Å². The SMILES string of the molecule is NCCCCC(N)C(=O)C(CC(N)=O)NC(=O)Cc1ccc(O)cc1O. The van der Waals surface area contributed by atoms with Crippen LogP contribution in [0.1, 0.15) is 31.2 Å². The van der Waals surface area contributed by atoms with Crippen LogP contribution in [0, 0.1) is 0 Å². The van der Waals surface area contributed by atoms with Gasteiger partial charge in [0.1, 0.15) is 11.5 Å². The summed E-state index contributed by atoms with van der Waals surface area (Å²) in [5, 5.41) is 21.4. The van der Waals surface area contributed by atoms with Gasteiger partial charge in [-0.25, -0.2) is 0 Å². The van der Waals surface area contributed by atoms with Crippen LogP contribution in [-0.2, 0) is 20.8 Å². The molecule has 0 fully saturated rings. The molecule has 0 aromatic heterocycles. The number of phenols is 2. The Morgan fingerprint density at radius 2 is 1.85 bits per heavy atom. The van der Waals surface area contributed by atoms with Crippen molar-refractivity contribution in [1.29, 1.82) is 0 Å². The Kier molecular flexibility index (Phi) is 8.53. The molecule has 1 aromatic rings. The number of ketones is 1. The number of rotatable bonds is 11. The van der Waals surface area contributed by atoms with E-state index in [2.05, 4.69) is 5.32 Å². The number of amides is 2. The van der Waals surface area contributed by atoms with Crippen molar-refractivity contribution in [3.63, 3.8) is 0 Å². The lowest BCUT2D eigenvalue weighted by Gasteiger charge is -2.20. The lowest BCUT2D eigenvalue weighted by Crippen LogP contribution is -2.50. The van der Waals surface area contributed by atoms with Gasteiger partial charge in [0, 0.05) is 11.6 Å².